The molecular weight excluding hydrogens is 296 g/mol. The van der Waals surface area contributed by atoms with Crippen LogP contribution < -0.4 is 10.6 Å². The highest BCUT2D eigenvalue weighted by molar-refractivity contribution is 7.11. The van der Waals surface area contributed by atoms with E-state index in [-0.39, 0.29) is 6.04 Å². The van der Waals surface area contributed by atoms with Crippen LogP contribution in [0.5, 0.6) is 0 Å². The fraction of sp³-hybridized carbons (Fsp3) is 0.462. The van der Waals surface area contributed by atoms with Crippen LogP contribution in [0.3, 0.4) is 0 Å². The first kappa shape index (κ1) is 17.1. The van der Waals surface area contributed by atoms with E-state index in [0.717, 1.165) is 4.88 Å². The van der Waals surface area contributed by atoms with Gasteiger partial charge in [-0.15, -0.1) is 11.3 Å². The first-order valence-electron chi connectivity index (χ1n) is 6.32. The van der Waals surface area contributed by atoms with E-state index in [1.165, 1.54) is 4.88 Å². The molecular formula is C13H18N2O5S. The summed E-state index contributed by atoms with van der Waals surface area (Å²) in [6.45, 7) is 2.79. The first-order valence-corrected chi connectivity index (χ1v) is 7.13. The molecule has 0 radical (unpaired) electrons. The summed E-state index contributed by atoms with van der Waals surface area (Å²) in [5.41, 5.74) is 0. The molecule has 0 spiro atoms. The fourth-order valence-electron chi connectivity index (χ4n) is 1.60. The predicted octanol–water partition coefficient (Wildman–Crippen LogP) is 0.915. The molecule has 1 heterocycles. The van der Waals surface area contributed by atoms with E-state index >= 15 is 0 Å². The lowest BCUT2D eigenvalue weighted by molar-refractivity contribution is -0.143. The monoisotopic (exact) mass is 314 g/mol. The Morgan fingerprint density at radius 1 is 1.33 bits per heavy atom. The number of carboxylic acids is 1. The molecule has 1 rings (SSSR count). The third kappa shape index (κ3) is 7.42. The van der Waals surface area contributed by atoms with Crippen LogP contribution in [0.2, 0.25) is 0 Å². The van der Waals surface area contributed by atoms with E-state index in [1.54, 1.807) is 11.3 Å². The highest BCUT2D eigenvalue weighted by Crippen LogP contribution is 2.16. The Morgan fingerprint density at radius 2 is 2.05 bits per heavy atom. The van der Waals surface area contributed by atoms with Crippen molar-refractivity contribution in [3.63, 3.8) is 0 Å². The summed E-state index contributed by atoms with van der Waals surface area (Å²) >= 11 is 1.66. The average Bonchev–Trinajstić information content (AvgIpc) is 2.73. The number of amides is 3. The molecule has 8 heteroatoms. The van der Waals surface area contributed by atoms with E-state index in [9.17, 15) is 14.4 Å². The Kier molecular flexibility index (Phi) is 6.83. The number of carbonyl (C=O) groups is 3. The Balaban J connectivity index is 2.25. The summed E-state index contributed by atoms with van der Waals surface area (Å²) in [7, 11) is 0. The van der Waals surface area contributed by atoms with Gasteiger partial charge in [-0.05, 0) is 26.0 Å². The maximum atomic E-state index is 11.5. The molecule has 0 aliphatic carbocycles. The lowest BCUT2D eigenvalue weighted by atomic mass is 10.2. The Hall–Kier alpha value is -1.93. The summed E-state index contributed by atoms with van der Waals surface area (Å²) in [5.74, 6) is -1.86. The smallest absolute Gasteiger partial charge is 0.329 e. The number of imide groups is 1. The zero-order chi connectivity index (χ0) is 15.8. The van der Waals surface area contributed by atoms with Gasteiger partial charge in [0.15, 0.2) is 0 Å². The van der Waals surface area contributed by atoms with Crippen LogP contribution in [0, 0.1) is 6.92 Å². The number of rotatable bonds is 7. The van der Waals surface area contributed by atoms with Crippen molar-refractivity contribution >= 4 is 29.2 Å². The lowest BCUT2D eigenvalue weighted by Gasteiger charge is -2.13. The van der Waals surface area contributed by atoms with Gasteiger partial charge < -0.3 is 15.2 Å². The van der Waals surface area contributed by atoms with Crippen molar-refractivity contribution < 1.29 is 24.2 Å². The van der Waals surface area contributed by atoms with Gasteiger partial charge >= 0.3 is 12.0 Å². The van der Waals surface area contributed by atoms with Crippen LogP contribution in [-0.2, 0) is 20.7 Å². The molecule has 1 aromatic heterocycles. The quantitative estimate of drug-likeness (QED) is 0.694. The van der Waals surface area contributed by atoms with Crippen molar-refractivity contribution in [2.24, 2.45) is 0 Å². The third-order valence-electron chi connectivity index (χ3n) is 2.39. The Labute approximate surface area is 126 Å². The normalized spacial score (nSPS) is 11.7. The minimum absolute atomic E-state index is 0.129. The molecule has 3 amide bonds. The topological polar surface area (TPSA) is 105 Å². The molecule has 1 atom stereocenters. The molecule has 0 saturated carbocycles. The van der Waals surface area contributed by atoms with Crippen LogP contribution in [0.1, 0.15) is 16.7 Å². The molecule has 7 nitrogen and oxygen atoms in total. The van der Waals surface area contributed by atoms with E-state index in [1.807, 2.05) is 26.0 Å². The third-order valence-corrected chi connectivity index (χ3v) is 3.42. The standard InChI is InChI=1S/C13H18N2O5S/c1-8(5-10-4-3-9(2)21-10)14-13(19)15-11(16)6-20-7-12(17)18/h3-4,8H,5-7H2,1-2H3,(H,17,18)(H2,14,15,16,19). The number of aliphatic carboxylic acids is 1. The largest absolute Gasteiger partial charge is 0.480 e. The number of thiophene rings is 1. The van der Waals surface area contributed by atoms with Gasteiger partial charge in [0.25, 0.3) is 5.91 Å². The van der Waals surface area contributed by atoms with Crippen LogP contribution in [-0.4, -0.2) is 42.3 Å². The summed E-state index contributed by atoms with van der Waals surface area (Å²) in [6.07, 6.45) is 0.676. The summed E-state index contributed by atoms with van der Waals surface area (Å²) in [5, 5.41) is 13.0. The van der Waals surface area contributed by atoms with E-state index in [4.69, 9.17) is 5.11 Å². The van der Waals surface area contributed by atoms with Crippen molar-refractivity contribution in [2.45, 2.75) is 26.3 Å². The molecule has 0 bridgehead atoms. The van der Waals surface area contributed by atoms with Crippen LogP contribution in [0.4, 0.5) is 4.79 Å². The van der Waals surface area contributed by atoms with E-state index in [0.29, 0.717) is 6.42 Å². The van der Waals surface area contributed by atoms with Gasteiger partial charge in [0, 0.05) is 22.2 Å². The minimum atomic E-state index is -1.17. The van der Waals surface area contributed by atoms with Gasteiger partial charge in [-0.25, -0.2) is 9.59 Å². The number of ether oxygens (including phenoxy) is 1. The summed E-state index contributed by atoms with van der Waals surface area (Å²) in [6, 6.07) is 3.26. The van der Waals surface area contributed by atoms with Crippen molar-refractivity contribution in [3.05, 3.63) is 21.9 Å². The van der Waals surface area contributed by atoms with Crippen molar-refractivity contribution in [3.8, 4) is 0 Å². The molecule has 0 aliphatic heterocycles. The number of carboxylic acid groups (broad SMARTS) is 1. The molecule has 3 N–H and O–H groups in total. The van der Waals surface area contributed by atoms with E-state index < -0.39 is 31.1 Å². The van der Waals surface area contributed by atoms with Gasteiger partial charge in [0.05, 0.1) is 0 Å². The molecule has 21 heavy (non-hydrogen) atoms. The van der Waals surface area contributed by atoms with Crippen LogP contribution >= 0.6 is 11.3 Å². The molecule has 1 aromatic rings. The summed E-state index contributed by atoms with van der Waals surface area (Å²) in [4.78, 5) is 35.4. The molecule has 0 fully saturated rings. The number of aryl methyl sites for hydroxylation is 1. The Bertz CT molecular complexity index is 514. The maximum absolute atomic E-state index is 11.5. The van der Waals surface area contributed by atoms with Crippen LogP contribution in [0.15, 0.2) is 12.1 Å². The minimum Gasteiger partial charge on any atom is -0.480 e. The number of hydrogen-bond donors (Lipinski definition) is 3. The van der Waals surface area contributed by atoms with E-state index in [2.05, 4.69) is 15.4 Å². The molecule has 116 valence electrons. The molecule has 0 aliphatic rings. The highest BCUT2D eigenvalue weighted by Gasteiger charge is 2.12. The lowest BCUT2D eigenvalue weighted by Crippen LogP contribution is -2.45. The second-order valence-electron chi connectivity index (χ2n) is 4.53. The fourth-order valence-corrected chi connectivity index (χ4v) is 2.62. The van der Waals surface area contributed by atoms with Gasteiger partial charge in [-0.3, -0.25) is 10.1 Å². The number of urea groups is 1. The molecule has 1 unspecified atom stereocenters. The summed E-state index contributed by atoms with van der Waals surface area (Å²) < 4.78 is 4.57. The van der Waals surface area contributed by atoms with Crippen molar-refractivity contribution in [2.75, 3.05) is 13.2 Å². The highest BCUT2D eigenvalue weighted by atomic mass is 32.1. The second kappa shape index (κ2) is 8.38. The van der Waals surface area contributed by atoms with Crippen molar-refractivity contribution in [1.29, 1.82) is 0 Å². The number of hydrogen-bond acceptors (Lipinski definition) is 5. The molecule has 0 saturated heterocycles. The van der Waals surface area contributed by atoms with Gasteiger partial charge in [-0.2, -0.15) is 0 Å². The van der Waals surface area contributed by atoms with Gasteiger partial charge in [0.2, 0.25) is 0 Å². The van der Waals surface area contributed by atoms with Crippen molar-refractivity contribution in [1.82, 2.24) is 10.6 Å². The first-order chi connectivity index (χ1) is 9.86. The second-order valence-corrected chi connectivity index (χ2v) is 5.90. The van der Waals surface area contributed by atoms with Gasteiger partial charge in [-0.1, -0.05) is 0 Å². The number of nitrogens with one attached hydrogen (secondary N) is 2. The van der Waals surface area contributed by atoms with Crippen LogP contribution in [0.25, 0.3) is 0 Å². The predicted molar refractivity (Wildman–Crippen MR) is 77.4 cm³/mol. The zero-order valence-electron chi connectivity index (χ0n) is 11.8. The maximum Gasteiger partial charge on any atom is 0.329 e. The average molecular weight is 314 g/mol. The SMILES string of the molecule is Cc1ccc(CC(C)NC(=O)NC(=O)COCC(=O)O)s1. The zero-order valence-corrected chi connectivity index (χ0v) is 12.7. The van der Waals surface area contributed by atoms with Gasteiger partial charge in [0.1, 0.15) is 13.2 Å². The molecule has 0 aromatic carbocycles. The Morgan fingerprint density at radius 3 is 2.62 bits per heavy atom. The number of carbonyl (C=O) groups excluding carboxylic acids is 2.